The smallest absolute Gasteiger partial charge is 1.00 e. The standard InChI is InChI=1S/C13H24O5S.Na.H/c1-3-4-5-6-7-8-9-10-12(15)13(11-14)18-19(16)17-2;;/h11,13H,3-10H2,1-2H3;;/q;+1;-1. The van der Waals surface area contributed by atoms with Crippen LogP contribution in [0.1, 0.15) is 59.7 Å². The van der Waals surface area contributed by atoms with E-state index in [1.54, 1.807) is 0 Å². The fourth-order valence-corrected chi connectivity index (χ4v) is 2.08. The normalized spacial score (nSPS) is 13.3. The van der Waals surface area contributed by atoms with Gasteiger partial charge in [-0.2, -0.15) is 4.21 Å². The Bertz CT molecular complexity index is 292. The average molecular weight is 316 g/mol. The Morgan fingerprint density at radius 2 is 1.75 bits per heavy atom. The number of carbonyl (C=O) groups is 2. The minimum absolute atomic E-state index is 0. The quantitative estimate of drug-likeness (QED) is 0.201. The molecule has 2 unspecified atom stereocenters. The van der Waals surface area contributed by atoms with Crippen LogP contribution in [0.2, 0.25) is 0 Å². The van der Waals surface area contributed by atoms with Gasteiger partial charge >= 0.3 is 40.9 Å². The van der Waals surface area contributed by atoms with Crippen molar-refractivity contribution in [2.24, 2.45) is 0 Å². The number of hydrogen-bond donors (Lipinski definition) is 0. The van der Waals surface area contributed by atoms with Crippen molar-refractivity contribution in [3.05, 3.63) is 0 Å². The van der Waals surface area contributed by atoms with E-state index >= 15 is 0 Å². The summed E-state index contributed by atoms with van der Waals surface area (Å²) in [6.07, 6.45) is 7.05. The predicted octanol–water partition coefficient (Wildman–Crippen LogP) is -0.378. The molecule has 20 heavy (non-hydrogen) atoms. The van der Waals surface area contributed by atoms with Crippen LogP contribution in [0.3, 0.4) is 0 Å². The van der Waals surface area contributed by atoms with Crippen molar-refractivity contribution >= 4 is 23.4 Å². The monoisotopic (exact) mass is 316 g/mol. The second-order valence-electron chi connectivity index (χ2n) is 4.36. The molecule has 0 saturated carbocycles. The summed E-state index contributed by atoms with van der Waals surface area (Å²) in [5, 5.41) is 0. The molecule has 0 fully saturated rings. The molecule has 0 rings (SSSR count). The summed E-state index contributed by atoms with van der Waals surface area (Å²) in [6, 6.07) is 0. The number of aldehydes is 1. The van der Waals surface area contributed by atoms with Crippen LogP contribution in [0.25, 0.3) is 0 Å². The number of rotatable bonds is 13. The molecule has 0 radical (unpaired) electrons. The van der Waals surface area contributed by atoms with E-state index in [-0.39, 0.29) is 43.2 Å². The first-order chi connectivity index (χ1) is 9.15. The fourth-order valence-electron chi connectivity index (χ4n) is 1.67. The van der Waals surface area contributed by atoms with Crippen LogP contribution in [0.15, 0.2) is 0 Å². The van der Waals surface area contributed by atoms with Gasteiger partial charge in [0.1, 0.15) is 0 Å². The summed E-state index contributed by atoms with van der Waals surface area (Å²) in [6.45, 7) is 2.17. The third-order valence-corrected chi connectivity index (χ3v) is 3.42. The molecule has 0 spiro atoms. The first-order valence-corrected chi connectivity index (χ1v) is 7.77. The third kappa shape index (κ3) is 12.2. The number of Topliss-reactive ketones (excluding diaryl/α,β-unsaturated/α-hetero) is 1. The predicted molar refractivity (Wildman–Crippen MR) is 74.8 cm³/mol. The summed E-state index contributed by atoms with van der Waals surface area (Å²) in [4.78, 5) is 22.3. The molecule has 0 aliphatic heterocycles. The zero-order chi connectivity index (χ0) is 14.5. The van der Waals surface area contributed by atoms with Crippen molar-refractivity contribution in [2.45, 2.75) is 64.4 Å². The van der Waals surface area contributed by atoms with Gasteiger partial charge in [0, 0.05) is 6.42 Å². The van der Waals surface area contributed by atoms with Gasteiger partial charge in [-0.1, -0.05) is 45.4 Å². The van der Waals surface area contributed by atoms with E-state index in [0.717, 1.165) is 19.3 Å². The van der Waals surface area contributed by atoms with Gasteiger partial charge in [0.25, 0.3) is 0 Å². The SMILES string of the molecule is CCCCCCCCCC(=O)C(C=O)OS(=O)OC.[H-].[Na+]. The zero-order valence-electron chi connectivity index (χ0n) is 13.8. The minimum Gasteiger partial charge on any atom is -1.00 e. The van der Waals surface area contributed by atoms with E-state index in [1.807, 2.05) is 0 Å². The molecule has 0 amide bonds. The Morgan fingerprint density at radius 1 is 1.20 bits per heavy atom. The van der Waals surface area contributed by atoms with Crippen LogP contribution in [0.4, 0.5) is 0 Å². The van der Waals surface area contributed by atoms with Crippen molar-refractivity contribution in [1.29, 1.82) is 0 Å². The van der Waals surface area contributed by atoms with Gasteiger partial charge in [0.15, 0.2) is 18.2 Å². The Balaban J connectivity index is -0.00000162. The first kappa shape index (κ1) is 22.7. The van der Waals surface area contributed by atoms with Gasteiger partial charge in [-0.15, -0.1) is 0 Å². The number of unbranched alkanes of at least 4 members (excludes halogenated alkanes) is 6. The summed E-state index contributed by atoms with van der Waals surface area (Å²) < 4.78 is 19.9. The van der Waals surface area contributed by atoms with E-state index in [9.17, 15) is 13.8 Å². The Labute approximate surface area is 147 Å². The molecule has 0 aromatic heterocycles. The van der Waals surface area contributed by atoms with Crippen molar-refractivity contribution in [1.82, 2.24) is 0 Å². The van der Waals surface area contributed by atoms with Gasteiger partial charge < -0.3 is 1.43 Å². The van der Waals surface area contributed by atoms with Crippen LogP contribution in [-0.2, 0) is 29.3 Å². The van der Waals surface area contributed by atoms with Crippen LogP contribution >= 0.6 is 0 Å². The molecular formula is C13H25NaO5S. The summed E-state index contributed by atoms with van der Waals surface area (Å²) in [5.41, 5.74) is 0. The molecule has 0 saturated heterocycles. The fraction of sp³-hybridized carbons (Fsp3) is 0.846. The second-order valence-corrected chi connectivity index (χ2v) is 5.30. The number of hydrogen-bond acceptors (Lipinski definition) is 5. The van der Waals surface area contributed by atoms with Crippen LogP contribution in [0, 0.1) is 0 Å². The Hall–Kier alpha value is 0.410. The second kappa shape index (κ2) is 15.8. The maximum Gasteiger partial charge on any atom is 1.00 e. The summed E-state index contributed by atoms with van der Waals surface area (Å²) in [7, 11) is 1.18. The molecule has 0 aliphatic carbocycles. The molecule has 7 heteroatoms. The van der Waals surface area contributed by atoms with E-state index in [1.165, 1.54) is 32.8 Å². The third-order valence-electron chi connectivity index (χ3n) is 2.79. The molecule has 0 heterocycles. The largest absolute Gasteiger partial charge is 1.00 e. The first-order valence-electron chi connectivity index (χ1n) is 6.77. The van der Waals surface area contributed by atoms with Crippen molar-refractivity contribution in [3.8, 4) is 0 Å². The molecule has 0 aromatic carbocycles. The molecule has 0 N–H and O–H groups in total. The van der Waals surface area contributed by atoms with Gasteiger partial charge in [0.2, 0.25) is 0 Å². The van der Waals surface area contributed by atoms with E-state index in [0.29, 0.717) is 6.29 Å². The minimum atomic E-state index is -2.04. The number of ketones is 1. The molecule has 114 valence electrons. The molecule has 0 aliphatic rings. The van der Waals surface area contributed by atoms with Crippen LogP contribution in [-0.4, -0.2) is 29.5 Å². The average Bonchev–Trinajstić information content (AvgIpc) is 2.43. The molecular weight excluding hydrogens is 291 g/mol. The topological polar surface area (TPSA) is 69.7 Å². The van der Waals surface area contributed by atoms with Crippen molar-refractivity contribution in [3.63, 3.8) is 0 Å². The molecule has 2 atom stereocenters. The number of carbonyl (C=O) groups excluding carboxylic acids is 2. The van der Waals surface area contributed by atoms with Gasteiger partial charge in [-0.3, -0.25) is 13.8 Å². The van der Waals surface area contributed by atoms with Gasteiger partial charge in [-0.25, -0.2) is 4.18 Å². The zero-order valence-corrected chi connectivity index (χ0v) is 15.6. The summed E-state index contributed by atoms with van der Waals surface area (Å²) in [5.74, 6) is -0.339. The molecule has 0 aromatic rings. The molecule has 5 nitrogen and oxygen atoms in total. The van der Waals surface area contributed by atoms with Crippen LogP contribution < -0.4 is 29.6 Å². The van der Waals surface area contributed by atoms with Crippen molar-refractivity contribution < 1.29 is 53.1 Å². The maximum atomic E-state index is 11.6. The van der Waals surface area contributed by atoms with Crippen molar-refractivity contribution in [2.75, 3.05) is 7.11 Å². The van der Waals surface area contributed by atoms with E-state index in [2.05, 4.69) is 15.3 Å². The molecule has 0 bridgehead atoms. The Kier molecular flexibility index (Phi) is 17.9. The maximum absolute atomic E-state index is 11.6. The van der Waals surface area contributed by atoms with E-state index < -0.39 is 17.5 Å². The van der Waals surface area contributed by atoms with Crippen LogP contribution in [0.5, 0.6) is 0 Å². The summed E-state index contributed by atoms with van der Waals surface area (Å²) >= 11 is -2.04. The van der Waals surface area contributed by atoms with E-state index in [4.69, 9.17) is 0 Å². The van der Waals surface area contributed by atoms with Gasteiger partial charge in [-0.05, 0) is 6.42 Å². The van der Waals surface area contributed by atoms with Gasteiger partial charge in [0.05, 0.1) is 7.11 Å². The Morgan fingerprint density at radius 3 is 2.25 bits per heavy atom.